The number of anilines is 1. The molecular weight excluding hydrogens is 340 g/mol. The Morgan fingerprint density at radius 3 is 2.85 bits per heavy atom. The van der Waals surface area contributed by atoms with E-state index in [0.29, 0.717) is 5.82 Å². The van der Waals surface area contributed by atoms with Gasteiger partial charge in [-0.3, -0.25) is 4.99 Å². The highest BCUT2D eigenvalue weighted by molar-refractivity contribution is 6.06. The van der Waals surface area contributed by atoms with Crippen molar-refractivity contribution in [2.45, 2.75) is 25.7 Å². The zero-order valence-corrected chi connectivity index (χ0v) is 15.4. The van der Waals surface area contributed by atoms with Crippen molar-refractivity contribution in [2.24, 2.45) is 4.99 Å². The van der Waals surface area contributed by atoms with Crippen molar-refractivity contribution in [3.05, 3.63) is 23.8 Å². The molecule has 27 heavy (non-hydrogen) atoms. The number of H-pyrrole nitrogens is 2. The van der Waals surface area contributed by atoms with Gasteiger partial charge in [0.2, 0.25) is 5.82 Å². The second-order valence-corrected chi connectivity index (χ2v) is 7.36. The zero-order valence-electron chi connectivity index (χ0n) is 15.4. The lowest BCUT2D eigenvalue weighted by Gasteiger charge is -2.29. The Morgan fingerprint density at radius 1 is 1.07 bits per heavy atom. The van der Waals surface area contributed by atoms with Crippen LogP contribution in [0.3, 0.4) is 0 Å². The van der Waals surface area contributed by atoms with Gasteiger partial charge in [0.05, 0.1) is 0 Å². The van der Waals surface area contributed by atoms with Gasteiger partial charge in [-0.15, -0.1) is 10.2 Å². The molecule has 0 radical (unpaired) electrons. The predicted octanol–water partition coefficient (Wildman–Crippen LogP) is 2.42. The van der Waals surface area contributed by atoms with E-state index >= 15 is 0 Å². The van der Waals surface area contributed by atoms with Crippen molar-refractivity contribution >= 4 is 22.9 Å². The lowest BCUT2D eigenvalue weighted by atomic mass is 10.1. The lowest BCUT2D eigenvalue weighted by Crippen LogP contribution is -2.34. The number of benzene rings is 1. The first-order valence-corrected chi connectivity index (χ1v) is 9.75. The van der Waals surface area contributed by atoms with Gasteiger partial charge in [-0.2, -0.15) is 5.21 Å². The highest BCUT2D eigenvalue weighted by atomic mass is 15.5. The molecule has 0 aliphatic carbocycles. The molecule has 2 N–H and O–H groups in total. The molecule has 8 nitrogen and oxygen atoms in total. The molecule has 8 heteroatoms. The molecule has 2 aromatic heterocycles. The number of nitrogens with one attached hydrogen (secondary N) is 2. The quantitative estimate of drug-likeness (QED) is 0.726. The number of nitrogens with zero attached hydrogens (tertiary/aromatic N) is 6. The summed E-state index contributed by atoms with van der Waals surface area (Å²) in [6.45, 7) is 5.43. The third-order valence-corrected chi connectivity index (χ3v) is 5.56. The number of hydrogen-bond acceptors (Lipinski definition) is 6. The number of likely N-dealkylation sites (tertiary alicyclic amines) is 1. The van der Waals surface area contributed by atoms with E-state index in [-0.39, 0.29) is 0 Å². The first-order chi connectivity index (χ1) is 13.4. The standard InChI is InChI=1S/C19H24N8/c1-2-7-26(8-3-1)9-4-10-27-13-20-12-16-15-6-5-14(18-22-24-25-23-18)11-17(15)21-19(16)27/h5-6,11-12,21H,1-4,7-10,13H2,(H,22,23,24,25). The van der Waals surface area contributed by atoms with E-state index in [9.17, 15) is 0 Å². The van der Waals surface area contributed by atoms with Gasteiger partial charge in [0, 0.05) is 34.8 Å². The number of aromatic amines is 2. The Kier molecular flexibility index (Phi) is 4.33. The van der Waals surface area contributed by atoms with Crippen LogP contribution in [-0.2, 0) is 0 Å². The van der Waals surface area contributed by atoms with Crippen LogP contribution in [0.4, 0.5) is 5.82 Å². The summed E-state index contributed by atoms with van der Waals surface area (Å²) >= 11 is 0. The highest BCUT2D eigenvalue weighted by Gasteiger charge is 2.20. The van der Waals surface area contributed by atoms with E-state index in [0.717, 1.165) is 24.3 Å². The van der Waals surface area contributed by atoms with Gasteiger partial charge in [0.1, 0.15) is 12.5 Å². The maximum absolute atomic E-state index is 4.59. The Bertz CT molecular complexity index is 936. The molecule has 1 saturated heterocycles. The molecule has 0 saturated carbocycles. The summed E-state index contributed by atoms with van der Waals surface area (Å²) < 4.78 is 0. The Hall–Kier alpha value is -2.74. The van der Waals surface area contributed by atoms with Crippen molar-refractivity contribution < 1.29 is 0 Å². The van der Waals surface area contributed by atoms with Crippen LogP contribution in [-0.4, -0.2) is 69.6 Å². The normalized spacial score (nSPS) is 17.6. The minimum Gasteiger partial charge on any atom is -0.341 e. The number of rotatable bonds is 5. The van der Waals surface area contributed by atoms with Gasteiger partial charge in [-0.05, 0) is 50.2 Å². The van der Waals surface area contributed by atoms with Crippen LogP contribution >= 0.6 is 0 Å². The molecule has 3 aromatic rings. The van der Waals surface area contributed by atoms with Gasteiger partial charge in [-0.25, -0.2) is 0 Å². The third kappa shape index (κ3) is 3.21. The smallest absolute Gasteiger partial charge is 0.204 e. The first-order valence-electron chi connectivity index (χ1n) is 9.75. The summed E-state index contributed by atoms with van der Waals surface area (Å²) in [6.07, 6.45) is 7.25. The molecule has 1 aromatic carbocycles. The lowest BCUT2D eigenvalue weighted by molar-refractivity contribution is 0.227. The summed E-state index contributed by atoms with van der Waals surface area (Å²) in [5, 5.41) is 15.5. The molecule has 5 rings (SSSR count). The summed E-state index contributed by atoms with van der Waals surface area (Å²) in [5.74, 6) is 1.78. The van der Waals surface area contributed by atoms with Crippen LogP contribution in [0.2, 0.25) is 0 Å². The number of hydrogen-bond donors (Lipinski definition) is 2. The molecule has 4 heterocycles. The average Bonchev–Trinajstić information content (AvgIpc) is 3.37. The molecule has 1 fully saturated rings. The fraction of sp³-hybridized carbons (Fsp3) is 0.474. The van der Waals surface area contributed by atoms with Crippen molar-refractivity contribution in [1.82, 2.24) is 30.5 Å². The monoisotopic (exact) mass is 364 g/mol. The average molecular weight is 364 g/mol. The molecule has 0 bridgehead atoms. The van der Waals surface area contributed by atoms with Gasteiger partial charge in [-0.1, -0.05) is 18.6 Å². The van der Waals surface area contributed by atoms with Crippen molar-refractivity contribution in [2.75, 3.05) is 37.7 Å². The van der Waals surface area contributed by atoms with E-state index in [4.69, 9.17) is 0 Å². The van der Waals surface area contributed by atoms with Gasteiger partial charge < -0.3 is 14.8 Å². The topological polar surface area (TPSA) is 89.1 Å². The van der Waals surface area contributed by atoms with Crippen LogP contribution < -0.4 is 4.90 Å². The minimum absolute atomic E-state index is 0.608. The molecule has 2 aliphatic rings. The fourth-order valence-corrected chi connectivity index (χ4v) is 4.16. The molecule has 0 unspecified atom stereocenters. The summed E-state index contributed by atoms with van der Waals surface area (Å²) in [6, 6.07) is 6.22. The largest absolute Gasteiger partial charge is 0.341 e. The number of piperidine rings is 1. The third-order valence-electron chi connectivity index (χ3n) is 5.56. The summed E-state index contributed by atoms with van der Waals surface area (Å²) in [5.41, 5.74) is 3.20. The molecular formula is C19H24N8. The summed E-state index contributed by atoms with van der Waals surface area (Å²) in [4.78, 5) is 13.1. The second kappa shape index (κ2) is 7.11. The number of aromatic nitrogens is 5. The highest BCUT2D eigenvalue weighted by Crippen LogP contribution is 2.32. The fourth-order valence-electron chi connectivity index (χ4n) is 4.16. The van der Waals surface area contributed by atoms with Gasteiger partial charge >= 0.3 is 0 Å². The van der Waals surface area contributed by atoms with Crippen LogP contribution in [0.1, 0.15) is 31.2 Å². The Morgan fingerprint density at radius 2 is 2.00 bits per heavy atom. The van der Waals surface area contributed by atoms with Crippen molar-refractivity contribution in [3.8, 4) is 11.4 Å². The zero-order chi connectivity index (χ0) is 18.1. The van der Waals surface area contributed by atoms with Crippen molar-refractivity contribution in [3.63, 3.8) is 0 Å². The minimum atomic E-state index is 0.608. The van der Waals surface area contributed by atoms with E-state index < -0.39 is 0 Å². The molecule has 2 aliphatic heterocycles. The van der Waals surface area contributed by atoms with Crippen LogP contribution in [0, 0.1) is 0 Å². The van der Waals surface area contributed by atoms with Crippen LogP contribution in [0.15, 0.2) is 23.2 Å². The Balaban J connectivity index is 1.35. The van der Waals surface area contributed by atoms with Crippen LogP contribution in [0.25, 0.3) is 22.3 Å². The molecule has 0 amide bonds. The molecule has 140 valence electrons. The first kappa shape index (κ1) is 16.4. The predicted molar refractivity (Wildman–Crippen MR) is 106 cm³/mol. The maximum Gasteiger partial charge on any atom is 0.204 e. The molecule has 0 spiro atoms. The maximum atomic E-state index is 4.59. The number of fused-ring (bicyclic) bond motifs is 3. The van der Waals surface area contributed by atoms with E-state index in [1.165, 1.54) is 62.1 Å². The van der Waals surface area contributed by atoms with Crippen molar-refractivity contribution in [1.29, 1.82) is 0 Å². The Labute approximate surface area is 157 Å². The van der Waals surface area contributed by atoms with Gasteiger partial charge in [0.15, 0.2) is 0 Å². The number of aliphatic imine (C=N–C) groups is 1. The SMILES string of the molecule is C1=NCN(CCCN2CCCCC2)c2[nH]c3cc(-c4nn[nH]n4)ccc3c21. The van der Waals surface area contributed by atoms with E-state index in [1.54, 1.807) is 0 Å². The van der Waals surface area contributed by atoms with E-state index in [1.807, 2.05) is 12.3 Å². The van der Waals surface area contributed by atoms with Gasteiger partial charge in [0.25, 0.3) is 0 Å². The molecule has 0 atom stereocenters. The van der Waals surface area contributed by atoms with E-state index in [2.05, 4.69) is 52.5 Å². The van der Waals surface area contributed by atoms with Crippen LogP contribution in [0.5, 0.6) is 0 Å². The second-order valence-electron chi connectivity index (χ2n) is 7.36. The number of tetrazole rings is 1. The summed E-state index contributed by atoms with van der Waals surface area (Å²) in [7, 11) is 0.